The Bertz CT molecular complexity index is 671. The number of carbonyl (C=O) groups excluding carboxylic acids is 1. The molecule has 1 aromatic heterocycles. The molecule has 3 nitrogen and oxygen atoms in total. The number of aryl methyl sites for hydroxylation is 1. The lowest BCUT2D eigenvalue weighted by molar-refractivity contribution is -0.690. The number of hydrogen-bond acceptors (Lipinski definition) is 1. The number of nitrogens with one attached hydrogen (secondary N) is 1. The summed E-state index contributed by atoms with van der Waals surface area (Å²) in [6.07, 6.45) is 1.90. The van der Waals surface area contributed by atoms with Crippen LogP contribution in [0.15, 0.2) is 36.5 Å². The molecule has 1 aromatic carbocycles. The number of rotatable bonds is 4. The van der Waals surface area contributed by atoms with Crippen LogP contribution in [0.4, 0.5) is 0 Å². The Hall–Kier alpha value is -1.58. The smallest absolute Gasteiger partial charge is 0.286 e. The number of nitrogens with zero attached hydrogens (tertiary/aromatic N) is 1. The van der Waals surface area contributed by atoms with Crippen LogP contribution in [0.25, 0.3) is 0 Å². The second-order valence-corrected chi connectivity index (χ2v) is 5.76. The van der Waals surface area contributed by atoms with E-state index in [0.717, 1.165) is 16.8 Å². The van der Waals surface area contributed by atoms with Crippen molar-refractivity contribution in [2.75, 3.05) is 0 Å². The molecule has 0 aliphatic rings. The van der Waals surface area contributed by atoms with E-state index in [0.29, 0.717) is 23.1 Å². The molecule has 21 heavy (non-hydrogen) atoms. The van der Waals surface area contributed by atoms with E-state index in [1.165, 1.54) is 0 Å². The first-order valence-corrected chi connectivity index (χ1v) is 7.39. The first-order valence-electron chi connectivity index (χ1n) is 6.63. The van der Waals surface area contributed by atoms with Gasteiger partial charge < -0.3 is 5.32 Å². The number of amides is 1. The molecular weight excluding hydrogens is 307 g/mol. The van der Waals surface area contributed by atoms with E-state index >= 15 is 0 Å². The lowest BCUT2D eigenvalue weighted by Gasteiger charge is -2.07. The number of aromatic nitrogens is 1. The van der Waals surface area contributed by atoms with Gasteiger partial charge >= 0.3 is 0 Å². The normalized spacial score (nSPS) is 10.5. The third-order valence-corrected chi connectivity index (χ3v) is 4.01. The molecule has 5 heteroatoms. The Morgan fingerprint density at radius 1 is 1.24 bits per heavy atom. The van der Waals surface area contributed by atoms with Crippen molar-refractivity contribution in [2.24, 2.45) is 0 Å². The minimum atomic E-state index is -0.0558. The molecule has 0 saturated heterocycles. The Balaban J connectivity index is 1.97. The molecule has 110 valence electrons. The summed E-state index contributed by atoms with van der Waals surface area (Å²) in [5.74, 6) is -0.0558. The molecular formula is C16H17Cl2N2O+. The fraction of sp³-hybridized carbons (Fsp3) is 0.250. The maximum Gasteiger partial charge on any atom is 0.286 e. The van der Waals surface area contributed by atoms with Gasteiger partial charge in [0.25, 0.3) is 5.91 Å². The summed E-state index contributed by atoms with van der Waals surface area (Å²) in [6.45, 7) is 4.70. The summed E-state index contributed by atoms with van der Waals surface area (Å²) in [5, 5.41) is 4.01. The number of benzene rings is 1. The summed E-state index contributed by atoms with van der Waals surface area (Å²) < 4.78 is 1.92. The molecule has 0 aliphatic carbocycles. The maximum atomic E-state index is 12.0. The lowest BCUT2D eigenvalue weighted by Crippen LogP contribution is -2.45. The first-order chi connectivity index (χ1) is 9.97. The molecule has 0 radical (unpaired) electrons. The number of pyridine rings is 1. The van der Waals surface area contributed by atoms with Gasteiger partial charge in [0.15, 0.2) is 11.9 Å². The summed E-state index contributed by atoms with van der Waals surface area (Å²) >= 11 is 11.9. The van der Waals surface area contributed by atoms with Crippen LogP contribution in [-0.4, -0.2) is 5.91 Å². The summed E-state index contributed by atoms with van der Waals surface area (Å²) in [6, 6.07) is 9.21. The van der Waals surface area contributed by atoms with E-state index in [1.807, 2.05) is 42.8 Å². The predicted octanol–water partition coefficient (Wildman–Crippen LogP) is 3.21. The van der Waals surface area contributed by atoms with Crippen molar-refractivity contribution in [3.8, 4) is 0 Å². The maximum absolute atomic E-state index is 12.0. The van der Waals surface area contributed by atoms with Crippen LogP contribution in [0.3, 0.4) is 0 Å². The minimum absolute atomic E-state index is 0.0558. The first kappa shape index (κ1) is 15.8. The van der Waals surface area contributed by atoms with Crippen molar-refractivity contribution in [3.63, 3.8) is 0 Å². The summed E-state index contributed by atoms with van der Waals surface area (Å²) in [5.41, 5.74) is 3.09. The second-order valence-electron chi connectivity index (χ2n) is 4.92. The van der Waals surface area contributed by atoms with Gasteiger partial charge in [-0.2, -0.15) is 4.57 Å². The number of hydrogen-bond donors (Lipinski definition) is 1. The van der Waals surface area contributed by atoms with Crippen LogP contribution >= 0.6 is 23.2 Å². The van der Waals surface area contributed by atoms with Crippen molar-refractivity contribution in [1.82, 2.24) is 5.32 Å². The largest absolute Gasteiger partial charge is 0.346 e. The van der Waals surface area contributed by atoms with E-state index in [4.69, 9.17) is 23.2 Å². The standard InChI is InChI=1S/C16H16Cl2N2O/c1-11-4-3-7-20(12(11)2)10-16(21)19-9-13-5-6-14(17)8-15(13)18/h3-8H,9-10H2,1-2H3/p+1. The highest BCUT2D eigenvalue weighted by molar-refractivity contribution is 6.35. The highest BCUT2D eigenvalue weighted by Gasteiger charge is 2.13. The summed E-state index contributed by atoms with van der Waals surface area (Å²) in [7, 11) is 0. The van der Waals surface area contributed by atoms with E-state index in [2.05, 4.69) is 5.32 Å². The van der Waals surface area contributed by atoms with E-state index in [1.54, 1.807) is 12.1 Å². The topological polar surface area (TPSA) is 33.0 Å². The van der Waals surface area contributed by atoms with Crippen molar-refractivity contribution >= 4 is 29.1 Å². The third kappa shape index (κ3) is 4.19. The van der Waals surface area contributed by atoms with Crippen LogP contribution in [0.1, 0.15) is 16.8 Å². The molecule has 0 fully saturated rings. The fourth-order valence-corrected chi connectivity index (χ4v) is 2.47. The summed E-state index contributed by atoms with van der Waals surface area (Å²) in [4.78, 5) is 12.0. The molecule has 2 rings (SSSR count). The molecule has 0 spiro atoms. The van der Waals surface area contributed by atoms with Gasteiger partial charge in [-0.3, -0.25) is 4.79 Å². The van der Waals surface area contributed by atoms with Crippen LogP contribution < -0.4 is 9.88 Å². The number of halogens is 2. The van der Waals surface area contributed by atoms with Crippen molar-refractivity contribution in [3.05, 3.63) is 63.4 Å². The van der Waals surface area contributed by atoms with Crippen LogP contribution in [0.5, 0.6) is 0 Å². The zero-order valence-corrected chi connectivity index (χ0v) is 13.5. The molecule has 1 amide bonds. The Kier molecular flexibility index (Phi) is 5.21. The van der Waals surface area contributed by atoms with Gasteiger partial charge in [-0.25, -0.2) is 0 Å². The Labute approximate surface area is 134 Å². The SMILES string of the molecule is Cc1ccc[n+](CC(=O)NCc2ccc(Cl)cc2Cl)c1C. The minimum Gasteiger partial charge on any atom is -0.346 e. The van der Waals surface area contributed by atoms with Crippen molar-refractivity contribution in [2.45, 2.75) is 26.9 Å². The van der Waals surface area contributed by atoms with Crippen molar-refractivity contribution in [1.29, 1.82) is 0 Å². The van der Waals surface area contributed by atoms with E-state index < -0.39 is 0 Å². The zero-order chi connectivity index (χ0) is 15.4. The van der Waals surface area contributed by atoms with Gasteiger partial charge in [-0.1, -0.05) is 29.3 Å². The van der Waals surface area contributed by atoms with Gasteiger partial charge in [0, 0.05) is 35.1 Å². The fourth-order valence-electron chi connectivity index (χ4n) is 1.99. The molecule has 1 N–H and O–H groups in total. The molecule has 2 aromatic rings. The predicted molar refractivity (Wildman–Crippen MR) is 84.4 cm³/mol. The Morgan fingerprint density at radius 3 is 2.71 bits per heavy atom. The molecule has 0 atom stereocenters. The zero-order valence-electron chi connectivity index (χ0n) is 12.0. The van der Waals surface area contributed by atoms with Gasteiger partial charge in [0.1, 0.15) is 0 Å². The van der Waals surface area contributed by atoms with Gasteiger partial charge in [-0.15, -0.1) is 0 Å². The average molecular weight is 324 g/mol. The van der Waals surface area contributed by atoms with Crippen LogP contribution in [0, 0.1) is 13.8 Å². The van der Waals surface area contributed by atoms with E-state index in [-0.39, 0.29) is 5.91 Å². The van der Waals surface area contributed by atoms with Crippen molar-refractivity contribution < 1.29 is 9.36 Å². The quantitative estimate of drug-likeness (QED) is 0.861. The van der Waals surface area contributed by atoms with E-state index in [9.17, 15) is 4.79 Å². The molecule has 0 unspecified atom stereocenters. The Morgan fingerprint density at radius 2 is 2.00 bits per heavy atom. The highest BCUT2D eigenvalue weighted by atomic mass is 35.5. The molecule has 0 bridgehead atoms. The average Bonchev–Trinajstić information content (AvgIpc) is 2.43. The van der Waals surface area contributed by atoms with Gasteiger partial charge in [-0.05, 0) is 30.7 Å². The van der Waals surface area contributed by atoms with Crippen LogP contribution in [0.2, 0.25) is 10.0 Å². The molecule has 1 heterocycles. The van der Waals surface area contributed by atoms with Gasteiger partial charge in [0.2, 0.25) is 6.54 Å². The third-order valence-electron chi connectivity index (χ3n) is 3.42. The lowest BCUT2D eigenvalue weighted by atomic mass is 10.2. The highest BCUT2D eigenvalue weighted by Crippen LogP contribution is 2.20. The monoisotopic (exact) mass is 323 g/mol. The molecule has 0 saturated carbocycles. The number of carbonyl (C=O) groups is 1. The molecule has 0 aliphatic heterocycles. The second kappa shape index (κ2) is 6.92. The van der Waals surface area contributed by atoms with Crippen LogP contribution in [-0.2, 0) is 17.9 Å². The van der Waals surface area contributed by atoms with Gasteiger partial charge in [0.05, 0.1) is 0 Å².